The quantitative estimate of drug-likeness (QED) is 0.394. The Morgan fingerprint density at radius 2 is 1.85 bits per heavy atom. The lowest BCUT2D eigenvalue weighted by Gasteiger charge is -2.16. The molecule has 0 saturated carbocycles. The summed E-state index contributed by atoms with van der Waals surface area (Å²) in [5, 5.41) is 6.30. The zero-order chi connectivity index (χ0) is 23.6. The van der Waals surface area contributed by atoms with E-state index in [2.05, 4.69) is 30.6 Å². The van der Waals surface area contributed by atoms with Gasteiger partial charge in [-0.15, -0.1) is 0 Å². The zero-order valence-electron chi connectivity index (χ0n) is 18.9. The van der Waals surface area contributed by atoms with Gasteiger partial charge in [0, 0.05) is 16.8 Å². The van der Waals surface area contributed by atoms with E-state index in [4.69, 9.17) is 0 Å². The predicted molar refractivity (Wildman–Crippen MR) is 127 cm³/mol. The molecule has 33 heavy (non-hydrogen) atoms. The van der Waals surface area contributed by atoms with Gasteiger partial charge in [-0.2, -0.15) is 0 Å². The molecular formula is C24H28N6O3. The highest BCUT2D eigenvalue weighted by atomic mass is 16.2. The van der Waals surface area contributed by atoms with Gasteiger partial charge in [0.25, 0.3) is 11.1 Å². The van der Waals surface area contributed by atoms with Gasteiger partial charge in [-0.05, 0) is 49.2 Å². The van der Waals surface area contributed by atoms with Crippen molar-refractivity contribution in [1.82, 2.24) is 25.3 Å². The van der Waals surface area contributed by atoms with Gasteiger partial charge in [-0.1, -0.05) is 32.9 Å². The molecule has 2 aromatic heterocycles. The van der Waals surface area contributed by atoms with Crippen LogP contribution in [-0.2, 0) is 10.2 Å². The fourth-order valence-corrected chi connectivity index (χ4v) is 3.86. The summed E-state index contributed by atoms with van der Waals surface area (Å²) in [5.41, 5.74) is 1.70. The van der Waals surface area contributed by atoms with Gasteiger partial charge >= 0.3 is 0 Å². The van der Waals surface area contributed by atoms with E-state index in [0.29, 0.717) is 16.9 Å². The van der Waals surface area contributed by atoms with E-state index in [1.54, 1.807) is 42.7 Å². The number of hydrogen-bond acceptors (Lipinski definition) is 5. The van der Waals surface area contributed by atoms with E-state index in [9.17, 15) is 14.4 Å². The lowest BCUT2D eigenvalue weighted by Crippen LogP contribution is -2.46. The molecular weight excluding hydrogens is 420 g/mol. The molecule has 4 rings (SSSR count). The smallest absolute Gasteiger partial charge is 0.272 e. The van der Waals surface area contributed by atoms with Crippen molar-refractivity contribution in [2.24, 2.45) is 0 Å². The van der Waals surface area contributed by atoms with Crippen LogP contribution < -0.4 is 32.5 Å². The number of imidazole rings is 1. The molecule has 1 saturated heterocycles. The van der Waals surface area contributed by atoms with E-state index in [-0.39, 0.29) is 28.1 Å². The number of rotatable bonds is 4. The number of carbonyl (C=O) groups excluding carboxylic acids is 1. The van der Waals surface area contributed by atoms with Gasteiger partial charge < -0.3 is 25.6 Å². The third kappa shape index (κ3) is 5.20. The van der Waals surface area contributed by atoms with Crippen molar-refractivity contribution in [2.45, 2.75) is 45.1 Å². The van der Waals surface area contributed by atoms with Crippen molar-refractivity contribution >= 4 is 23.7 Å². The van der Waals surface area contributed by atoms with E-state index >= 15 is 0 Å². The van der Waals surface area contributed by atoms with Crippen LogP contribution in [0.5, 0.6) is 0 Å². The number of aromatic amines is 3. The molecule has 0 bridgehead atoms. The van der Waals surface area contributed by atoms with Crippen LogP contribution in [0.15, 0.2) is 40.2 Å². The van der Waals surface area contributed by atoms with Crippen molar-refractivity contribution in [2.75, 3.05) is 11.9 Å². The Morgan fingerprint density at radius 3 is 2.52 bits per heavy atom. The minimum atomic E-state index is -0.432. The van der Waals surface area contributed by atoms with Crippen LogP contribution >= 0.6 is 0 Å². The number of nitrogens with one attached hydrogen (secondary N) is 5. The molecule has 172 valence electrons. The molecule has 1 aromatic carbocycles. The van der Waals surface area contributed by atoms with Crippen molar-refractivity contribution in [3.8, 4) is 0 Å². The Kier molecular flexibility index (Phi) is 6.15. The number of carbonyl (C=O) groups is 1. The van der Waals surface area contributed by atoms with E-state index in [1.807, 2.05) is 20.8 Å². The van der Waals surface area contributed by atoms with Gasteiger partial charge in [0.2, 0.25) is 5.91 Å². The summed E-state index contributed by atoms with van der Waals surface area (Å²) in [7, 11) is 0. The molecule has 1 unspecified atom stereocenters. The van der Waals surface area contributed by atoms with Gasteiger partial charge in [-0.25, -0.2) is 4.98 Å². The second-order valence-electron chi connectivity index (χ2n) is 9.20. The fraction of sp³-hybridized carbons (Fsp3) is 0.333. The average Bonchev–Trinajstić information content (AvgIpc) is 3.44. The molecule has 5 N–H and O–H groups in total. The van der Waals surface area contributed by atoms with Gasteiger partial charge in [0.15, 0.2) is 0 Å². The largest absolute Gasteiger partial charge is 0.348 e. The Morgan fingerprint density at radius 1 is 1.12 bits per heavy atom. The first kappa shape index (κ1) is 22.5. The number of benzene rings is 1. The normalized spacial score (nSPS) is 17.5. The third-order valence-corrected chi connectivity index (χ3v) is 5.53. The van der Waals surface area contributed by atoms with Crippen molar-refractivity contribution in [3.63, 3.8) is 0 Å². The Hall–Kier alpha value is -3.72. The number of nitrogens with zero attached hydrogens (tertiary/aromatic N) is 1. The standard InChI is InChI=1S/C24H28N6O3/c1-24(2,3)20-17(26-13-27-20)12-19-23(33)29-18(22(32)30-19)11-14-6-4-7-15(10-14)28-21(31)16-8-5-9-25-16/h4,6-7,10-13,16,25H,5,8-9H2,1-3H3,(H,26,27)(H,28,31)(H,29,33)(H,30,32)/b18-11-,19-12-. The van der Waals surface area contributed by atoms with Crippen LogP contribution in [-0.4, -0.2) is 38.4 Å². The number of anilines is 1. The summed E-state index contributed by atoms with van der Waals surface area (Å²) in [4.78, 5) is 50.3. The Bertz CT molecular complexity index is 1400. The number of aromatic nitrogens is 4. The summed E-state index contributed by atoms with van der Waals surface area (Å²) in [5.74, 6) is -0.0798. The van der Waals surface area contributed by atoms with Crippen LogP contribution in [0.1, 0.15) is 50.6 Å². The predicted octanol–water partition coefficient (Wildman–Crippen LogP) is 0.432. The Labute approximate surface area is 190 Å². The lowest BCUT2D eigenvalue weighted by molar-refractivity contribution is -0.117. The summed E-state index contributed by atoms with van der Waals surface area (Å²) in [6.07, 6.45) is 6.49. The van der Waals surface area contributed by atoms with Crippen LogP contribution in [0.25, 0.3) is 12.2 Å². The molecule has 9 heteroatoms. The lowest BCUT2D eigenvalue weighted by atomic mass is 9.90. The molecule has 3 heterocycles. The monoisotopic (exact) mass is 448 g/mol. The fourth-order valence-electron chi connectivity index (χ4n) is 3.86. The molecule has 0 aliphatic carbocycles. The molecule has 3 aromatic rings. The topological polar surface area (TPSA) is 136 Å². The molecule has 1 fully saturated rings. The first-order valence-electron chi connectivity index (χ1n) is 10.9. The van der Waals surface area contributed by atoms with E-state index < -0.39 is 11.1 Å². The van der Waals surface area contributed by atoms with Gasteiger partial charge in [-0.3, -0.25) is 14.4 Å². The molecule has 0 spiro atoms. The van der Waals surface area contributed by atoms with Crippen molar-refractivity contribution < 1.29 is 4.79 Å². The second-order valence-corrected chi connectivity index (χ2v) is 9.20. The highest BCUT2D eigenvalue weighted by Gasteiger charge is 2.22. The maximum Gasteiger partial charge on any atom is 0.272 e. The average molecular weight is 449 g/mol. The van der Waals surface area contributed by atoms with Crippen LogP contribution in [0, 0.1) is 0 Å². The summed E-state index contributed by atoms with van der Waals surface area (Å²) in [6.45, 7) is 6.93. The van der Waals surface area contributed by atoms with Crippen LogP contribution in [0.2, 0.25) is 0 Å². The molecule has 1 aliphatic rings. The maximum atomic E-state index is 12.7. The number of hydrogen-bond donors (Lipinski definition) is 5. The van der Waals surface area contributed by atoms with Gasteiger partial charge in [0.05, 0.1) is 18.1 Å². The first-order valence-corrected chi connectivity index (χ1v) is 10.9. The van der Waals surface area contributed by atoms with Crippen LogP contribution in [0.3, 0.4) is 0 Å². The molecule has 1 amide bonds. The van der Waals surface area contributed by atoms with E-state index in [1.165, 1.54) is 0 Å². The summed E-state index contributed by atoms with van der Waals surface area (Å²) in [6, 6.07) is 6.92. The molecule has 1 atom stereocenters. The zero-order valence-corrected chi connectivity index (χ0v) is 18.9. The molecule has 1 aliphatic heterocycles. The number of amides is 1. The summed E-state index contributed by atoms with van der Waals surface area (Å²) < 4.78 is 0. The van der Waals surface area contributed by atoms with E-state index in [0.717, 1.165) is 25.1 Å². The molecule has 9 nitrogen and oxygen atoms in total. The highest BCUT2D eigenvalue weighted by molar-refractivity contribution is 5.95. The highest BCUT2D eigenvalue weighted by Crippen LogP contribution is 2.22. The maximum absolute atomic E-state index is 12.7. The third-order valence-electron chi connectivity index (χ3n) is 5.53. The number of H-pyrrole nitrogens is 3. The van der Waals surface area contributed by atoms with Gasteiger partial charge in [0.1, 0.15) is 10.7 Å². The first-order chi connectivity index (χ1) is 15.7. The minimum absolute atomic E-state index is 0.0798. The van der Waals surface area contributed by atoms with Crippen LogP contribution in [0.4, 0.5) is 5.69 Å². The van der Waals surface area contributed by atoms with Crippen molar-refractivity contribution in [3.05, 3.63) is 78.9 Å². The Balaban J connectivity index is 1.65. The molecule has 0 radical (unpaired) electrons. The SMILES string of the molecule is CC(C)(C)c1[nH]cnc1/C=c1\[nH]c(=O)/c(=C/c2cccc(NC(=O)C3CCCN3)c2)[nH]c1=O. The van der Waals surface area contributed by atoms with Crippen molar-refractivity contribution in [1.29, 1.82) is 0 Å². The summed E-state index contributed by atoms with van der Waals surface area (Å²) >= 11 is 0. The second kappa shape index (κ2) is 9.03. The minimum Gasteiger partial charge on any atom is -0.348 e.